The molecule has 0 bridgehead atoms. The number of hydrogen-bond donors (Lipinski definition) is 4. The summed E-state index contributed by atoms with van der Waals surface area (Å²) in [5.74, 6) is -10.1. The average Bonchev–Trinajstić information content (AvgIpc) is 2.45. The summed E-state index contributed by atoms with van der Waals surface area (Å²) >= 11 is 0. The molecule has 88 heavy (non-hydrogen) atoms. The lowest BCUT2D eigenvalue weighted by molar-refractivity contribution is -0.149. The minimum absolute atomic E-state index is 0.00296. The Kier molecular flexibility index (Phi) is 28.3. The molecule has 0 radical (unpaired) electrons. The topological polar surface area (TPSA) is 259 Å². The van der Waals surface area contributed by atoms with Crippen molar-refractivity contribution >= 4 is 65.0 Å². The highest BCUT2D eigenvalue weighted by Gasteiger charge is 2.43. The maximum atomic E-state index is 14.9. The Morgan fingerprint density at radius 3 is 1.72 bits per heavy atom. The van der Waals surface area contributed by atoms with E-state index in [1.54, 1.807) is 27.7 Å². The summed E-state index contributed by atoms with van der Waals surface area (Å²) in [5.41, 5.74) is -3.19. The van der Waals surface area contributed by atoms with Gasteiger partial charge in [-0.15, -0.1) is 0 Å². The predicted octanol–water partition coefficient (Wildman–Crippen LogP) is 4.36. The lowest BCUT2D eigenvalue weighted by Gasteiger charge is -2.39. The van der Waals surface area contributed by atoms with Crippen molar-refractivity contribution in [3.8, 4) is 0 Å². The summed E-state index contributed by atoms with van der Waals surface area (Å²) in [5, 5.41) is 10.9. The van der Waals surface area contributed by atoms with Crippen molar-refractivity contribution in [2.45, 2.75) is 200 Å². The molecule has 1 aliphatic heterocycles. The van der Waals surface area contributed by atoms with Crippen LogP contribution < -0.4 is 21.3 Å². The van der Waals surface area contributed by atoms with Crippen LogP contribution in [0.15, 0.2) is 18.2 Å². The third-order valence-corrected chi connectivity index (χ3v) is 17.4. The molecule has 2 fully saturated rings. The fourth-order valence-corrected chi connectivity index (χ4v) is 10.7. The van der Waals surface area contributed by atoms with Crippen LogP contribution in [0.1, 0.15) is 151 Å². The third-order valence-electron chi connectivity index (χ3n) is 17.4. The summed E-state index contributed by atoms with van der Waals surface area (Å²) in [4.78, 5) is 165. The molecule has 3 rings (SSSR count). The SMILES string of the molecule is CC[C@H](C)[C@@H]1NC(=O)[C@H](C)N(C)C(=O)C[C@@H](C)N(C)C(=O)[C@H](CC(C)C)NC(=O)C(C)(C)N(C)C(=O)[C@@H](CC(C)C)NC(=O)[C@H](CCc2ccc(C(F)(F)F)c(F)c2)NC(=O)CN(C)C(=O)[C@H](CC2CCCCC2)N(C)C(=O)CN(C)C(=O)CN(C)C1=O. The molecule has 22 nitrogen and oxygen atoms in total. The molecule has 0 aromatic heterocycles. The van der Waals surface area contributed by atoms with Gasteiger partial charge in [0.15, 0.2) is 0 Å². The van der Waals surface area contributed by atoms with Crippen molar-refractivity contribution in [1.29, 1.82) is 0 Å². The van der Waals surface area contributed by atoms with Crippen molar-refractivity contribution in [1.82, 2.24) is 55.6 Å². The Labute approximate surface area is 517 Å². The zero-order valence-electron chi connectivity index (χ0n) is 54.8. The maximum absolute atomic E-state index is 14.9. The first-order valence-corrected chi connectivity index (χ1v) is 30.6. The van der Waals surface area contributed by atoms with Gasteiger partial charge in [-0.1, -0.05) is 86.1 Å². The van der Waals surface area contributed by atoms with Gasteiger partial charge in [0, 0.05) is 61.8 Å². The molecule has 4 N–H and O–H groups in total. The van der Waals surface area contributed by atoms with E-state index in [0.717, 1.165) is 57.8 Å². The van der Waals surface area contributed by atoms with Gasteiger partial charge in [-0.3, -0.25) is 52.7 Å². The molecule has 0 unspecified atom stereocenters. The summed E-state index contributed by atoms with van der Waals surface area (Å²) in [7, 11) is 9.67. The van der Waals surface area contributed by atoms with Gasteiger partial charge in [-0.25, -0.2) is 4.39 Å². The Morgan fingerprint density at radius 1 is 0.614 bits per heavy atom. The number of hydrogen-bond acceptors (Lipinski definition) is 11. The molecule has 26 heteroatoms. The summed E-state index contributed by atoms with van der Waals surface area (Å²) < 4.78 is 55.6. The number of benzene rings is 1. The predicted molar refractivity (Wildman–Crippen MR) is 322 cm³/mol. The van der Waals surface area contributed by atoms with Crippen LogP contribution in [0, 0.1) is 29.5 Å². The van der Waals surface area contributed by atoms with Crippen LogP contribution in [0.5, 0.6) is 0 Å². The van der Waals surface area contributed by atoms with E-state index < -0.39 is 156 Å². The van der Waals surface area contributed by atoms with E-state index in [0.29, 0.717) is 18.6 Å². The molecule has 8 atom stereocenters. The molecule has 11 amide bonds. The number of rotatable bonds is 11. The minimum atomic E-state index is -5.00. The Bertz CT molecular complexity index is 2650. The van der Waals surface area contributed by atoms with E-state index in [1.165, 1.54) is 84.8 Å². The van der Waals surface area contributed by atoms with E-state index >= 15 is 0 Å². The van der Waals surface area contributed by atoms with E-state index in [1.807, 2.05) is 20.8 Å². The Balaban J connectivity index is 2.18. The normalized spacial score (nSPS) is 25.3. The van der Waals surface area contributed by atoms with E-state index in [9.17, 15) is 70.3 Å². The van der Waals surface area contributed by atoms with Gasteiger partial charge in [0.2, 0.25) is 65.0 Å². The van der Waals surface area contributed by atoms with Gasteiger partial charge >= 0.3 is 6.18 Å². The third kappa shape index (κ3) is 21.1. The average molecular weight is 1250 g/mol. The number of carbonyl (C=O) groups excluding carboxylic acids is 11. The monoisotopic (exact) mass is 1250 g/mol. The highest BCUT2D eigenvalue weighted by Crippen LogP contribution is 2.32. The zero-order chi connectivity index (χ0) is 67.0. The molecule has 1 aromatic carbocycles. The van der Waals surface area contributed by atoms with Gasteiger partial charge in [0.25, 0.3) is 0 Å². The van der Waals surface area contributed by atoms with E-state index in [-0.39, 0.29) is 61.8 Å². The first kappa shape index (κ1) is 75.4. The van der Waals surface area contributed by atoms with Crippen LogP contribution in [0.25, 0.3) is 0 Å². The smallest absolute Gasteiger partial charge is 0.343 e. The number of alkyl halides is 3. The van der Waals surface area contributed by atoms with Crippen LogP contribution in [-0.2, 0) is 65.3 Å². The number of nitrogens with one attached hydrogen (secondary N) is 4. The molecule has 2 aliphatic rings. The number of nitrogens with zero attached hydrogens (tertiary/aromatic N) is 7. The quantitative estimate of drug-likeness (QED) is 0.226. The molecule has 1 aromatic rings. The molecule has 1 saturated heterocycles. The molecular weight excluding hydrogens is 1150 g/mol. The fraction of sp³-hybridized carbons (Fsp3) is 0.726. The Morgan fingerprint density at radius 2 is 1.17 bits per heavy atom. The maximum Gasteiger partial charge on any atom is 0.419 e. The van der Waals surface area contributed by atoms with Crippen LogP contribution >= 0.6 is 0 Å². The second-order valence-corrected chi connectivity index (χ2v) is 25.7. The van der Waals surface area contributed by atoms with Crippen LogP contribution in [0.4, 0.5) is 17.6 Å². The number of aryl methyl sites for hydroxylation is 1. The summed E-state index contributed by atoms with van der Waals surface area (Å²) in [6.07, 6.45) is -0.824. The zero-order valence-corrected chi connectivity index (χ0v) is 54.8. The molecule has 1 aliphatic carbocycles. The second kappa shape index (κ2) is 33.1. The summed E-state index contributed by atoms with van der Waals surface area (Å²) in [6.45, 7) is 15.0. The molecular formula is C62H99F4N11O11. The number of halogens is 4. The lowest BCUT2D eigenvalue weighted by Crippen LogP contribution is -2.63. The van der Waals surface area contributed by atoms with Crippen LogP contribution in [0.2, 0.25) is 0 Å². The standard InChI is InChI=1S/C62H99F4N11O11/c1-18-38(6)53-59(87)73(13)34-51(80)71(11)35-52(81)76(16)48(32-41-22-20-19-21-23-41)58(86)72(12)33-49(78)67-45(27-25-42-24-26-43(44(63)31-42)62(64,65)66)55(83)68-47(29-37(4)5)57(85)77(17)61(9,10)60(88)69-46(28-36(2)3)56(84)74(14)39(7)30-50(79)75(15)40(8)54(82)70-53/h24,26,31,36-41,45-48,53H,18-23,25,27-30,32-35H2,1-17H3,(H,67,78)(H,68,83)(H,69,88)(H,70,82)/t38-,39+,40-,45-,46-,47+,48-,53-/m0/s1. The van der Waals surface area contributed by atoms with Gasteiger partial charge in [-0.05, 0) is 101 Å². The van der Waals surface area contributed by atoms with Crippen molar-refractivity contribution in [3.05, 3.63) is 35.1 Å². The number of amides is 11. The molecule has 496 valence electrons. The number of carbonyl (C=O) groups is 11. The summed E-state index contributed by atoms with van der Waals surface area (Å²) in [6, 6.07) is -6.02. The molecule has 1 heterocycles. The van der Waals surface area contributed by atoms with Crippen molar-refractivity contribution < 1.29 is 70.3 Å². The van der Waals surface area contributed by atoms with Crippen molar-refractivity contribution in [2.24, 2.45) is 23.7 Å². The minimum Gasteiger partial charge on any atom is -0.343 e. The van der Waals surface area contributed by atoms with Crippen molar-refractivity contribution in [2.75, 3.05) is 69.0 Å². The molecule has 0 spiro atoms. The largest absolute Gasteiger partial charge is 0.419 e. The number of likely N-dealkylation sites (N-methyl/N-ethyl adjacent to an activating group) is 7. The lowest BCUT2D eigenvalue weighted by atomic mass is 9.84. The van der Waals surface area contributed by atoms with E-state index in [4.69, 9.17) is 0 Å². The Hall–Kier alpha value is -6.89. The van der Waals surface area contributed by atoms with Crippen LogP contribution in [-0.4, -0.2) is 216 Å². The van der Waals surface area contributed by atoms with E-state index in [2.05, 4.69) is 21.3 Å². The highest BCUT2D eigenvalue weighted by atomic mass is 19.4. The van der Waals surface area contributed by atoms with Gasteiger partial charge in [0.05, 0.1) is 25.2 Å². The molecule has 1 saturated carbocycles. The van der Waals surface area contributed by atoms with Crippen molar-refractivity contribution in [3.63, 3.8) is 0 Å². The van der Waals surface area contributed by atoms with Crippen LogP contribution in [0.3, 0.4) is 0 Å². The first-order chi connectivity index (χ1) is 40.7. The fourth-order valence-electron chi connectivity index (χ4n) is 10.7. The first-order valence-electron chi connectivity index (χ1n) is 30.6. The van der Waals surface area contributed by atoms with Gasteiger partial charge < -0.3 is 55.6 Å². The highest BCUT2D eigenvalue weighted by molar-refractivity contribution is 5.98. The second-order valence-electron chi connectivity index (χ2n) is 25.7. The van der Waals surface area contributed by atoms with Gasteiger partial charge in [0.1, 0.15) is 47.6 Å². The van der Waals surface area contributed by atoms with Gasteiger partial charge in [-0.2, -0.15) is 13.2 Å².